The first-order chi connectivity index (χ1) is 22.9. The Bertz CT molecular complexity index is 528. The molecule has 0 radical (unpaired) electrons. The minimum absolute atomic E-state index is 0.167. The zero-order valence-electron chi connectivity index (χ0n) is 33.9. The predicted octanol–water partition coefficient (Wildman–Crippen LogP) is 14.8. The fourth-order valence-electron chi connectivity index (χ4n) is 4.99. The van der Waals surface area contributed by atoms with E-state index in [4.69, 9.17) is 13.5 Å². The molecule has 0 aromatic carbocycles. The normalized spacial score (nSPS) is 10.3. The summed E-state index contributed by atoms with van der Waals surface area (Å²) in [6.45, 7) is 25.1. The molecule has 0 saturated heterocycles. The Morgan fingerprint density at radius 3 is 0.771 bits per heavy atom. The van der Waals surface area contributed by atoms with E-state index in [1.54, 1.807) is 13.8 Å². The molecule has 0 aromatic rings. The Labute approximate surface area is 315 Å². The van der Waals surface area contributed by atoms with Gasteiger partial charge in [0.25, 0.3) is 0 Å². The van der Waals surface area contributed by atoms with Gasteiger partial charge in [-0.2, -0.15) is 12.8 Å². The van der Waals surface area contributed by atoms with Crippen molar-refractivity contribution in [1.29, 1.82) is 0 Å². The molecule has 0 saturated carbocycles. The number of rotatable bonds is 29. The van der Waals surface area contributed by atoms with Crippen LogP contribution >= 0.6 is 0 Å². The maximum atomic E-state index is 9.60. The second-order valence-electron chi connectivity index (χ2n) is 14.7. The summed E-state index contributed by atoms with van der Waals surface area (Å²) < 4.78 is 8.25. The van der Waals surface area contributed by atoms with Crippen molar-refractivity contribution in [3.05, 3.63) is 26.0 Å². The van der Waals surface area contributed by atoms with Crippen LogP contribution in [0.4, 0.5) is 0 Å². The Hall–Kier alpha value is -0.316. The molecule has 4 nitrogen and oxygen atoms in total. The molecule has 288 valence electrons. The third kappa shape index (κ3) is 80.4. The van der Waals surface area contributed by atoms with Gasteiger partial charge in [0, 0.05) is 11.7 Å². The number of hydrogen-bond donors (Lipinski definition) is 2. The molecule has 5 heteroatoms. The fourth-order valence-corrected chi connectivity index (χ4v) is 4.99. The molecular formula is C43H88O4Ti. The molecule has 0 unspecified atom stereocenters. The Morgan fingerprint density at radius 1 is 0.500 bits per heavy atom. The minimum atomic E-state index is -0.935. The second-order valence-corrected chi connectivity index (χ2v) is 14.7. The number of aliphatic hydroxyl groups excluding tert-OH is 1. The molecule has 0 aliphatic carbocycles. The molecule has 0 aliphatic heterocycles. The zero-order chi connectivity index (χ0) is 37.7. The average molecular weight is 717 g/mol. The van der Waals surface area contributed by atoms with Gasteiger partial charge in [-0.1, -0.05) is 201 Å². The van der Waals surface area contributed by atoms with Crippen LogP contribution in [0.15, 0.2) is 12.2 Å². The van der Waals surface area contributed by atoms with E-state index in [-0.39, 0.29) is 11.7 Å². The first-order valence-corrected chi connectivity index (χ1v) is 20.9. The molecule has 0 heterocycles. The van der Waals surface area contributed by atoms with Gasteiger partial charge in [-0.15, -0.1) is 0 Å². The van der Waals surface area contributed by atoms with Gasteiger partial charge in [0.1, 0.15) is 0 Å². The molecule has 0 bridgehead atoms. The quantitative estimate of drug-likeness (QED) is 0.0350. The number of carboxylic acid groups (broad SMARTS) is 1. The van der Waals surface area contributed by atoms with E-state index in [0.717, 1.165) is 45.1 Å². The maximum absolute atomic E-state index is 9.60. The molecule has 0 aromatic heterocycles. The number of aliphatic carboxylic acids is 1. The van der Waals surface area contributed by atoms with Crippen LogP contribution in [-0.4, -0.2) is 22.3 Å². The van der Waals surface area contributed by atoms with E-state index in [1.807, 2.05) is 0 Å². The third-order valence-electron chi connectivity index (χ3n) is 7.93. The Kier molecular flexibility index (Phi) is 63.5. The van der Waals surface area contributed by atoms with Crippen molar-refractivity contribution in [3.63, 3.8) is 0 Å². The van der Waals surface area contributed by atoms with E-state index in [1.165, 1.54) is 174 Å². The average Bonchev–Trinajstić information content (AvgIpc) is 3.03. The Morgan fingerprint density at radius 2 is 0.646 bits per heavy atom. The molecule has 0 fully saturated rings. The molecule has 0 aliphatic rings. The number of carboxylic acids is 1. The van der Waals surface area contributed by atoms with Gasteiger partial charge >= 0.3 is 29.7 Å². The van der Waals surface area contributed by atoms with Gasteiger partial charge in [0.15, 0.2) is 0 Å². The van der Waals surface area contributed by atoms with E-state index < -0.39 is 5.97 Å². The predicted molar refractivity (Wildman–Crippen MR) is 210 cm³/mol. The molecule has 48 heavy (non-hydrogen) atoms. The van der Waals surface area contributed by atoms with Gasteiger partial charge in [-0.3, -0.25) is 0 Å². The van der Waals surface area contributed by atoms with Crippen LogP contribution in [0.25, 0.3) is 0 Å². The molecule has 0 rings (SSSR count). The summed E-state index contributed by atoms with van der Waals surface area (Å²) in [5.41, 5.74) is 0.176. The molecule has 0 amide bonds. The van der Waals surface area contributed by atoms with Crippen molar-refractivity contribution in [2.75, 3.05) is 0 Å². The van der Waals surface area contributed by atoms with Crippen molar-refractivity contribution >= 4 is 5.97 Å². The van der Waals surface area contributed by atoms with Crippen LogP contribution in [-0.2, 0) is 28.5 Å². The first-order valence-electron chi connectivity index (χ1n) is 20.3. The third-order valence-corrected chi connectivity index (χ3v) is 7.93. The van der Waals surface area contributed by atoms with Crippen molar-refractivity contribution in [3.8, 4) is 0 Å². The second kappa shape index (κ2) is 53.5. The van der Waals surface area contributed by atoms with E-state index >= 15 is 0 Å². The van der Waals surface area contributed by atoms with E-state index in [0.29, 0.717) is 0 Å². The van der Waals surface area contributed by atoms with Crippen LogP contribution < -0.4 is 0 Å². The Balaban J connectivity index is -0.000000192. The first kappa shape index (κ1) is 57.0. The van der Waals surface area contributed by atoms with Gasteiger partial charge in [-0.25, -0.2) is 4.79 Å². The summed E-state index contributed by atoms with van der Waals surface area (Å²) in [7, 11) is 0. The number of aliphatic hydroxyl groups is 1. The summed E-state index contributed by atoms with van der Waals surface area (Å²) in [5.74, 6) is 0.858. The molecular weight excluding hydrogens is 628 g/mol. The fraction of sp³-hybridized carbons (Fsp3) is 0.884. The summed E-state index contributed by atoms with van der Waals surface area (Å²) in [5, 5.41) is 15.9. The van der Waals surface area contributed by atoms with Crippen LogP contribution in [0.2, 0.25) is 0 Å². The van der Waals surface area contributed by atoms with Gasteiger partial charge in [-0.05, 0) is 32.6 Å². The monoisotopic (exact) mass is 717 g/mol. The summed E-state index contributed by atoms with van der Waals surface area (Å²) in [6, 6.07) is 0. The summed E-state index contributed by atoms with van der Waals surface area (Å²) in [4.78, 5) is 9.60. The van der Waals surface area contributed by atoms with Crippen molar-refractivity contribution in [2.45, 2.75) is 234 Å². The summed E-state index contributed by atoms with van der Waals surface area (Å²) in [6.07, 6.45) is 39.6. The molecule has 2 N–H and O–H groups in total. The number of hydrogen-bond acceptors (Lipinski definition) is 3. The summed E-state index contributed by atoms with van der Waals surface area (Å²) >= 11 is 0.750. The van der Waals surface area contributed by atoms with Crippen LogP contribution in [0, 0.1) is 25.7 Å². The van der Waals surface area contributed by atoms with Crippen LogP contribution in [0.1, 0.15) is 228 Å². The van der Waals surface area contributed by atoms with Crippen molar-refractivity contribution < 1.29 is 38.7 Å². The van der Waals surface area contributed by atoms with Gasteiger partial charge in [0.2, 0.25) is 0 Å². The topological polar surface area (TPSA) is 74.6 Å². The van der Waals surface area contributed by atoms with Crippen LogP contribution in [0.3, 0.4) is 0 Å². The standard InChI is InChI=1S/2C18H37.C4H6O2.C3H8O.O.Ti/c2*1-4-5-6-7-8-9-10-11-12-13-14-15-16-17-18(2)3;1-3(2)4(5)6;1-3(2)4;;/h2*18H,1,4-17H2,2-3H3;1H2,2H3,(H,5,6);3-4H,1-2H3;;/q2*-1;;;;+2. The number of unbranched alkanes of at least 4 members (excludes halogenated alkanes) is 24. The SMILES string of the molecule is C=C(C)C(=O)O.CC(C)O.[CH2-]CCCCCCCCCCCCCCC(C)C.[CH2-]CCCCCCCCCCCCCCC(C)C.[O]=[Ti+2]. The number of carbonyl (C=O) groups is 1. The van der Waals surface area contributed by atoms with Gasteiger partial charge < -0.3 is 24.1 Å². The van der Waals surface area contributed by atoms with Gasteiger partial charge in [0.05, 0.1) is 0 Å². The molecule has 0 spiro atoms. The molecule has 0 atom stereocenters. The van der Waals surface area contributed by atoms with Crippen molar-refractivity contribution in [1.82, 2.24) is 0 Å². The van der Waals surface area contributed by atoms with Crippen LogP contribution in [0.5, 0.6) is 0 Å². The zero-order valence-corrected chi connectivity index (χ0v) is 35.4. The van der Waals surface area contributed by atoms with Crippen molar-refractivity contribution in [2.24, 2.45) is 11.8 Å². The van der Waals surface area contributed by atoms with E-state index in [9.17, 15) is 4.79 Å². The van der Waals surface area contributed by atoms with E-state index in [2.05, 4.69) is 48.1 Å².